The fourth-order valence-corrected chi connectivity index (χ4v) is 3.24. The molecule has 128 valence electrons. The van der Waals surface area contributed by atoms with E-state index >= 15 is 0 Å². The zero-order valence-corrected chi connectivity index (χ0v) is 14.6. The third-order valence-electron chi connectivity index (χ3n) is 4.47. The topological polar surface area (TPSA) is 15.3 Å². The van der Waals surface area contributed by atoms with Crippen LogP contribution < -0.4 is 10.2 Å². The molecule has 0 aliphatic heterocycles. The predicted octanol–water partition coefficient (Wildman–Crippen LogP) is 6.45. The van der Waals surface area contributed by atoms with E-state index in [2.05, 4.69) is 107 Å². The molecule has 0 saturated heterocycles. The Labute approximate surface area is 155 Å². The van der Waals surface area contributed by atoms with Gasteiger partial charge in [-0.1, -0.05) is 66.8 Å². The molecule has 0 heterocycles. The number of hydrogen-bond donors (Lipinski definition) is 1. The van der Waals surface area contributed by atoms with E-state index in [9.17, 15) is 0 Å². The van der Waals surface area contributed by atoms with Crippen LogP contribution in [0.3, 0.4) is 0 Å². The summed E-state index contributed by atoms with van der Waals surface area (Å²) in [5.41, 5.74) is 4.57. The second-order valence-corrected chi connectivity index (χ2v) is 6.36. The van der Waals surface area contributed by atoms with Crippen molar-refractivity contribution in [3.63, 3.8) is 0 Å². The Kier molecular flexibility index (Phi) is 4.83. The largest absolute Gasteiger partial charge is 0.378 e. The molecule has 1 N–H and O–H groups in total. The highest BCUT2D eigenvalue weighted by Crippen LogP contribution is 2.35. The molecule has 1 aliphatic carbocycles. The van der Waals surface area contributed by atoms with Crippen molar-refractivity contribution in [3.8, 4) is 0 Å². The Morgan fingerprint density at radius 2 is 1.35 bits per heavy atom. The zero-order chi connectivity index (χ0) is 17.6. The first kappa shape index (κ1) is 16.2. The van der Waals surface area contributed by atoms with Crippen LogP contribution in [0.4, 0.5) is 22.7 Å². The van der Waals surface area contributed by atoms with Crippen LogP contribution in [0.2, 0.25) is 0 Å². The number of allylic oxidation sites excluding steroid dienone is 2. The van der Waals surface area contributed by atoms with Crippen molar-refractivity contribution in [1.82, 2.24) is 0 Å². The van der Waals surface area contributed by atoms with Gasteiger partial charge in [0.05, 0.1) is 0 Å². The predicted molar refractivity (Wildman–Crippen MR) is 111 cm³/mol. The molecule has 0 bridgehead atoms. The van der Waals surface area contributed by atoms with Crippen molar-refractivity contribution in [2.75, 3.05) is 10.2 Å². The molecule has 2 nitrogen and oxygen atoms in total. The van der Waals surface area contributed by atoms with Crippen molar-refractivity contribution in [1.29, 1.82) is 0 Å². The summed E-state index contributed by atoms with van der Waals surface area (Å²) in [4.78, 5) is 2.28. The van der Waals surface area contributed by atoms with Gasteiger partial charge in [0.15, 0.2) is 0 Å². The average Bonchev–Trinajstić information content (AvgIpc) is 2.71. The fourth-order valence-electron chi connectivity index (χ4n) is 3.24. The molecule has 3 aromatic carbocycles. The van der Waals surface area contributed by atoms with Gasteiger partial charge in [-0.05, 0) is 48.9 Å². The highest BCUT2D eigenvalue weighted by molar-refractivity contribution is 5.78. The monoisotopic (exact) mass is 338 g/mol. The molecule has 0 amide bonds. The molecule has 1 unspecified atom stereocenters. The number of rotatable bonds is 5. The maximum Gasteiger partial charge on any atom is 0.0482 e. The fraction of sp³-hybridized carbons (Fsp3) is 0.0833. The van der Waals surface area contributed by atoms with E-state index < -0.39 is 0 Å². The number of nitrogens with one attached hydrogen (secondary N) is 1. The van der Waals surface area contributed by atoms with Crippen molar-refractivity contribution in [3.05, 3.63) is 109 Å². The SMILES string of the molecule is C1=CCC(Nc2cccc(N(c3ccccc3)c3ccccc3)c2)C=C1. The summed E-state index contributed by atoms with van der Waals surface area (Å²) in [7, 11) is 0. The molecule has 26 heavy (non-hydrogen) atoms. The lowest BCUT2D eigenvalue weighted by atomic mass is 10.1. The normalized spacial score (nSPS) is 15.6. The number of hydrogen-bond acceptors (Lipinski definition) is 2. The Bertz CT molecular complexity index is 858. The third kappa shape index (κ3) is 3.70. The molecule has 4 rings (SSSR count). The molecular formula is C24H22N2. The van der Waals surface area contributed by atoms with E-state index in [0.29, 0.717) is 6.04 Å². The van der Waals surface area contributed by atoms with Crippen LogP contribution in [0.25, 0.3) is 0 Å². The minimum Gasteiger partial charge on any atom is -0.378 e. The summed E-state index contributed by atoms with van der Waals surface area (Å²) in [5, 5.41) is 3.61. The second-order valence-electron chi connectivity index (χ2n) is 6.36. The van der Waals surface area contributed by atoms with E-state index in [4.69, 9.17) is 0 Å². The molecule has 0 spiro atoms. The lowest BCUT2D eigenvalue weighted by molar-refractivity contribution is 0.883. The standard InChI is InChI=1S/C24H22N2/c1-4-11-20(12-5-1)25-21-13-10-18-24(19-21)26(22-14-6-2-7-15-22)23-16-8-3-9-17-23/h1-11,13-20,25H,12H2. The van der Waals surface area contributed by atoms with Crippen LogP contribution in [-0.4, -0.2) is 6.04 Å². The first-order chi connectivity index (χ1) is 12.9. The van der Waals surface area contributed by atoms with Gasteiger partial charge in [-0.3, -0.25) is 0 Å². The summed E-state index contributed by atoms with van der Waals surface area (Å²) >= 11 is 0. The number of nitrogens with zero attached hydrogens (tertiary/aromatic N) is 1. The maximum absolute atomic E-state index is 3.61. The van der Waals surface area contributed by atoms with E-state index in [0.717, 1.165) is 29.2 Å². The quantitative estimate of drug-likeness (QED) is 0.575. The highest BCUT2D eigenvalue weighted by Gasteiger charge is 2.13. The molecular weight excluding hydrogens is 316 g/mol. The van der Waals surface area contributed by atoms with E-state index in [1.807, 2.05) is 12.1 Å². The molecule has 1 aliphatic rings. The van der Waals surface area contributed by atoms with Gasteiger partial charge in [-0.15, -0.1) is 0 Å². The Balaban J connectivity index is 1.69. The smallest absolute Gasteiger partial charge is 0.0482 e. The van der Waals surface area contributed by atoms with Gasteiger partial charge in [0.25, 0.3) is 0 Å². The highest BCUT2D eigenvalue weighted by atomic mass is 15.1. The summed E-state index contributed by atoms with van der Waals surface area (Å²) in [6.07, 6.45) is 9.62. The van der Waals surface area contributed by atoms with Crippen molar-refractivity contribution in [2.24, 2.45) is 0 Å². The Hall–Kier alpha value is -3.26. The summed E-state index contributed by atoms with van der Waals surface area (Å²) < 4.78 is 0. The van der Waals surface area contributed by atoms with Crippen molar-refractivity contribution < 1.29 is 0 Å². The molecule has 0 radical (unpaired) electrons. The molecule has 3 aromatic rings. The second kappa shape index (κ2) is 7.75. The number of para-hydroxylation sites is 2. The van der Waals surface area contributed by atoms with Gasteiger partial charge in [-0.25, -0.2) is 0 Å². The van der Waals surface area contributed by atoms with Crippen LogP contribution in [0.15, 0.2) is 109 Å². The molecule has 1 atom stereocenters. The van der Waals surface area contributed by atoms with E-state index in [1.165, 1.54) is 0 Å². The summed E-state index contributed by atoms with van der Waals surface area (Å²) in [6.45, 7) is 0. The van der Waals surface area contributed by atoms with Gasteiger partial charge in [-0.2, -0.15) is 0 Å². The van der Waals surface area contributed by atoms with Crippen molar-refractivity contribution in [2.45, 2.75) is 12.5 Å². The molecule has 0 fully saturated rings. The van der Waals surface area contributed by atoms with Gasteiger partial charge in [0.1, 0.15) is 0 Å². The minimum atomic E-state index is 0.345. The van der Waals surface area contributed by atoms with Crippen LogP contribution in [0, 0.1) is 0 Å². The zero-order valence-electron chi connectivity index (χ0n) is 14.6. The van der Waals surface area contributed by atoms with Crippen LogP contribution in [0.1, 0.15) is 6.42 Å². The lowest BCUT2D eigenvalue weighted by Gasteiger charge is -2.26. The minimum absolute atomic E-state index is 0.345. The van der Waals surface area contributed by atoms with E-state index in [1.54, 1.807) is 0 Å². The van der Waals surface area contributed by atoms with Crippen LogP contribution in [0.5, 0.6) is 0 Å². The molecule has 2 heteroatoms. The van der Waals surface area contributed by atoms with Crippen LogP contribution in [-0.2, 0) is 0 Å². The first-order valence-corrected chi connectivity index (χ1v) is 9.00. The van der Waals surface area contributed by atoms with Gasteiger partial charge >= 0.3 is 0 Å². The summed E-state index contributed by atoms with van der Waals surface area (Å²) in [5.74, 6) is 0. The lowest BCUT2D eigenvalue weighted by Crippen LogP contribution is -2.17. The van der Waals surface area contributed by atoms with Gasteiger partial charge in [0, 0.05) is 28.8 Å². The Morgan fingerprint density at radius 1 is 0.692 bits per heavy atom. The Morgan fingerprint density at radius 3 is 1.96 bits per heavy atom. The number of benzene rings is 3. The average molecular weight is 338 g/mol. The first-order valence-electron chi connectivity index (χ1n) is 9.00. The van der Waals surface area contributed by atoms with Gasteiger partial charge < -0.3 is 10.2 Å². The number of anilines is 4. The van der Waals surface area contributed by atoms with Crippen LogP contribution >= 0.6 is 0 Å². The molecule has 0 aromatic heterocycles. The van der Waals surface area contributed by atoms with Crippen molar-refractivity contribution >= 4 is 22.7 Å². The summed E-state index contributed by atoms with van der Waals surface area (Å²) in [6, 6.07) is 29.9. The maximum atomic E-state index is 3.61. The molecule has 0 saturated carbocycles. The van der Waals surface area contributed by atoms with E-state index in [-0.39, 0.29) is 0 Å². The third-order valence-corrected chi connectivity index (χ3v) is 4.47. The van der Waals surface area contributed by atoms with Gasteiger partial charge in [0.2, 0.25) is 0 Å².